The van der Waals surface area contributed by atoms with Crippen LogP contribution in [0.1, 0.15) is 6.42 Å². The molecule has 0 saturated carbocycles. The number of aromatic nitrogens is 3. The monoisotopic (exact) mass is 346 g/mol. The number of carbonyl (C=O) groups excluding carboxylic acids is 1. The lowest BCUT2D eigenvalue weighted by atomic mass is 10.3. The number of thiazole rings is 1. The van der Waals surface area contributed by atoms with Crippen LogP contribution in [0, 0.1) is 0 Å². The van der Waals surface area contributed by atoms with Crippen LogP contribution in [0.15, 0.2) is 40.1 Å². The van der Waals surface area contributed by atoms with Gasteiger partial charge in [-0.15, -0.1) is 0 Å². The summed E-state index contributed by atoms with van der Waals surface area (Å²) < 4.78 is 7.33. The number of benzene rings is 1. The van der Waals surface area contributed by atoms with Gasteiger partial charge in [0.2, 0.25) is 5.91 Å². The highest BCUT2D eigenvalue weighted by molar-refractivity contribution is 7.22. The second-order valence-corrected chi connectivity index (χ2v) is 5.99. The number of nitrogens with zero attached hydrogens (tertiary/aromatic N) is 2. The Morgan fingerprint density at radius 3 is 2.96 bits per heavy atom. The number of fused-ring (bicyclic) bond motifs is 1. The lowest BCUT2D eigenvalue weighted by Gasteiger charge is -2.04. The van der Waals surface area contributed by atoms with Gasteiger partial charge < -0.3 is 14.6 Å². The van der Waals surface area contributed by atoms with Crippen molar-refractivity contribution in [1.82, 2.24) is 14.5 Å². The van der Waals surface area contributed by atoms with Crippen LogP contribution in [0.2, 0.25) is 0 Å². The summed E-state index contributed by atoms with van der Waals surface area (Å²) in [5, 5.41) is 3.19. The maximum absolute atomic E-state index is 12.0. The summed E-state index contributed by atoms with van der Waals surface area (Å²) >= 11 is 1.34. The lowest BCUT2D eigenvalue weighted by molar-refractivity contribution is -0.116. The van der Waals surface area contributed by atoms with Gasteiger partial charge in [0.1, 0.15) is 5.75 Å². The number of carbonyl (C=O) groups is 1. The molecule has 0 unspecified atom stereocenters. The van der Waals surface area contributed by atoms with Gasteiger partial charge in [-0.05, 0) is 18.2 Å². The number of aryl methyl sites for hydroxylation is 1. The van der Waals surface area contributed by atoms with Gasteiger partial charge in [0.15, 0.2) is 5.13 Å². The van der Waals surface area contributed by atoms with Crippen LogP contribution in [0.3, 0.4) is 0 Å². The highest BCUT2D eigenvalue weighted by atomic mass is 32.1. The van der Waals surface area contributed by atoms with Gasteiger partial charge in [-0.3, -0.25) is 14.6 Å². The van der Waals surface area contributed by atoms with Crippen LogP contribution in [-0.2, 0) is 11.3 Å². The first kappa shape index (κ1) is 15.9. The van der Waals surface area contributed by atoms with E-state index < -0.39 is 11.2 Å². The number of anilines is 1. The molecule has 0 aliphatic heterocycles. The summed E-state index contributed by atoms with van der Waals surface area (Å²) in [7, 11) is 1.59. The SMILES string of the molecule is COc1ccc2nc(NC(=O)CCn3ccc(=O)[nH]c3=O)sc2c1. The van der Waals surface area contributed by atoms with Gasteiger partial charge in [-0.25, -0.2) is 9.78 Å². The third-order valence-electron chi connectivity index (χ3n) is 3.32. The molecule has 0 saturated heterocycles. The molecule has 0 fully saturated rings. The Bertz CT molecular complexity index is 1000. The van der Waals surface area contributed by atoms with Crippen molar-refractivity contribution in [2.24, 2.45) is 0 Å². The van der Waals surface area contributed by atoms with Gasteiger partial charge in [0, 0.05) is 25.2 Å². The first-order valence-corrected chi connectivity index (χ1v) is 7.91. The largest absolute Gasteiger partial charge is 0.497 e. The molecule has 24 heavy (non-hydrogen) atoms. The molecule has 0 spiro atoms. The smallest absolute Gasteiger partial charge is 0.328 e. The minimum atomic E-state index is -0.539. The molecule has 0 atom stereocenters. The Kier molecular flexibility index (Phi) is 4.43. The fraction of sp³-hybridized carbons (Fsp3) is 0.200. The fourth-order valence-electron chi connectivity index (χ4n) is 2.11. The van der Waals surface area contributed by atoms with Crippen LogP contribution < -0.4 is 21.3 Å². The zero-order valence-electron chi connectivity index (χ0n) is 12.7. The molecule has 0 radical (unpaired) electrons. The van der Waals surface area contributed by atoms with E-state index in [4.69, 9.17) is 4.74 Å². The number of hydrogen-bond donors (Lipinski definition) is 2. The summed E-state index contributed by atoms with van der Waals surface area (Å²) in [4.78, 5) is 41.0. The number of hydrogen-bond acceptors (Lipinski definition) is 6. The van der Waals surface area contributed by atoms with Gasteiger partial charge in [0.05, 0.1) is 17.3 Å². The summed E-state index contributed by atoms with van der Waals surface area (Å²) in [5.74, 6) is 0.459. The summed E-state index contributed by atoms with van der Waals surface area (Å²) in [6.45, 7) is 0.167. The topological polar surface area (TPSA) is 106 Å². The molecule has 0 bridgehead atoms. The number of methoxy groups -OCH3 is 1. The average molecular weight is 346 g/mol. The molecule has 2 aromatic heterocycles. The molecular formula is C15H14N4O4S. The Labute approximate surface area is 139 Å². The van der Waals surface area contributed by atoms with Crippen molar-refractivity contribution in [3.8, 4) is 5.75 Å². The van der Waals surface area contributed by atoms with E-state index in [2.05, 4.69) is 15.3 Å². The second kappa shape index (κ2) is 6.67. The van der Waals surface area contributed by atoms with E-state index in [1.807, 2.05) is 12.1 Å². The van der Waals surface area contributed by atoms with Crippen molar-refractivity contribution in [2.45, 2.75) is 13.0 Å². The molecule has 8 nitrogen and oxygen atoms in total. The van der Waals surface area contributed by atoms with Gasteiger partial charge in [-0.2, -0.15) is 0 Å². The molecule has 3 aromatic rings. The molecule has 3 rings (SSSR count). The molecule has 2 N–H and O–H groups in total. The fourth-order valence-corrected chi connectivity index (χ4v) is 3.02. The van der Waals surface area contributed by atoms with Crippen molar-refractivity contribution < 1.29 is 9.53 Å². The Morgan fingerprint density at radius 1 is 1.38 bits per heavy atom. The number of H-pyrrole nitrogens is 1. The summed E-state index contributed by atoms with van der Waals surface area (Å²) in [6, 6.07) is 6.71. The van der Waals surface area contributed by atoms with Crippen molar-refractivity contribution in [3.05, 3.63) is 51.3 Å². The number of amides is 1. The second-order valence-electron chi connectivity index (χ2n) is 4.95. The number of rotatable bonds is 5. The highest BCUT2D eigenvalue weighted by Crippen LogP contribution is 2.29. The zero-order valence-corrected chi connectivity index (χ0v) is 13.6. The van der Waals surface area contributed by atoms with Crippen molar-refractivity contribution in [3.63, 3.8) is 0 Å². The van der Waals surface area contributed by atoms with Crippen molar-refractivity contribution >= 4 is 32.6 Å². The summed E-state index contributed by atoms with van der Waals surface area (Å²) in [6.07, 6.45) is 1.45. The zero-order chi connectivity index (χ0) is 17.1. The molecule has 1 aromatic carbocycles. The van der Waals surface area contributed by atoms with E-state index in [9.17, 15) is 14.4 Å². The lowest BCUT2D eigenvalue weighted by Crippen LogP contribution is -2.29. The van der Waals surface area contributed by atoms with E-state index >= 15 is 0 Å². The van der Waals surface area contributed by atoms with E-state index in [0.717, 1.165) is 16.0 Å². The van der Waals surface area contributed by atoms with Crippen LogP contribution in [0.5, 0.6) is 5.75 Å². The third-order valence-corrected chi connectivity index (χ3v) is 4.25. The van der Waals surface area contributed by atoms with Crippen LogP contribution in [0.4, 0.5) is 5.13 Å². The van der Waals surface area contributed by atoms with Crippen LogP contribution in [-0.4, -0.2) is 27.6 Å². The maximum atomic E-state index is 12.0. The number of nitrogens with one attached hydrogen (secondary N) is 2. The minimum Gasteiger partial charge on any atom is -0.497 e. The molecular weight excluding hydrogens is 332 g/mol. The molecule has 9 heteroatoms. The predicted molar refractivity (Wildman–Crippen MR) is 90.7 cm³/mol. The van der Waals surface area contributed by atoms with Gasteiger partial charge in [0.25, 0.3) is 5.56 Å². The minimum absolute atomic E-state index is 0.0885. The molecule has 2 heterocycles. The normalized spacial score (nSPS) is 10.7. The maximum Gasteiger partial charge on any atom is 0.328 e. The Balaban J connectivity index is 1.66. The Hall–Kier alpha value is -2.94. The van der Waals surface area contributed by atoms with E-state index in [1.165, 1.54) is 28.2 Å². The molecule has 0 aliphatic rings. The van der Waals surface area contributed by atoms with Crippen LogP contribution in [0.25, 0.3) is 10.2 Å². The number of ether oxygens (including phenoxy) is 1. The van der Waals surface area contributed by atoms with Crippen molar-refractivity contribution in [1.29, 1.82) is 0 Å². The predicted octanol–water partition coefficient (Wildman–Crippen LogP) is 1.18. The first-order chi connectivity index (χ1) is 11.5. The van der Waals surface area contributed by atoms with E-state index in [1.54, 1.807) is 13.2 Å². The number of aromatic amines is 1. The summed E-state index contributed by atoms with van der Waals surface area (Å²) in [5.41, 5.74) is -0.235. The highest BCUT2D eigenvalue weighted by Gasteiger charge is 2.09. The average Bonchev–Trinajstić information content (AvgIpc) is 2.95. The van der Waals surface area contributed by atoms with E-state index in [0.29, 0.717) is 5.13 Å². The Morgan fingerprint density at radius 2 is 2.21 bits per heavy atom. The molecule has 0 aliphatic carbocycles. The standard InChI is InChI=1S/C15H14N4O4S/c1-23-9-2-3-10-11(8-9)24-14(16-10)17-12(20)4-6-19-7-5-13(21)18-15(19)22/h2-3,5,7-8H,4,6H2,1H3,(H,16,17,20)(H,18,21,22). The van der Waals surface area contributed by atoms with Gasteiger partial charge in [-0.1, -0.05) is 11.3 Å². The van der Waals surface area contributed by atoms with E-state index in [-0.39, 0.29) is 18.9 Å². The third kappa shape index (κ3) is 3.51. The van der Waals surface area contributed by atoms with Crippen LogP contribution >= 0.6 is 11.3 Å². The first-order valence-electron chi connectivity index (χ1n) is 7.09. The van der Waals surface area contributed by atoms with Gasteiger partial charge >= 0.3 is 5.69 Å². The molecule has 1 amide bonds. The quantitative estimate of drug-likeness (QED) is 0.722. The molecule has 124 valence electrons. The van der Waals surface area contributed by atoms with Crippen molar-refractivity contribution in [2.75, 3.05) is 12.4 Å².